The summed E-state index contributed by atoms with van der Waals surface area (Å²) in [6.07, 6.45) is 1.56. The van der Waals surface area contributed by atoms with Crippen LogP contribution in [-0.4, -0.2) is 48.9 Å². The maximum absolute atomic E-state index is 13.0. The highest BCUT2D eigenvalue weighted by Gasteiger charge is 2.15. The predicted molar refractivity (Wildman–Crippen MR) is 127 cm³/mol. The van der Waals surface area contributed by atoms with Crippen molar-refractivity contribution in [1.29, 1.82) is 0 Å². The molecule has 2 N–H and O–H groups in total. The molecule has 2 aromatic carbocycles. The molecule has 178 valence electrons. The van der Waals surface area contributed by atoms with Gasteiger partial charge in [0.25, 0.3) is 5.56 Å². The van der Waals surface area contributed by atoms with E-state index in [0.717, 1.165) is 10.9 Å². The van der Waals surface area contributed by atoms with Crippen molar-refractivity contribution in [3.63, 3.8) is 0 Å². The number of hydrogen-bond acceptors (Lipinski definition) is 7. The second kappa shape index (κ2) is 9.74. The van der Waals surface area contributed by atoms with E-state index < -0.39 is 0 Å². The Kier molecular flexibility index (Phi) is 6.58. The quantitative estimate of drug-likeness (QED) is 0.389. The number of hydrogen-bond donors (Lipinski definition) is 2. The minimum atomic E-state index is -0.263. The van der Waals surface area contributed by atoms with E-state index in [1.807, 2.05) is 0 Å². The first-order chi connectivity index (χ1) is 16.5. The Morgan fingerprint density at radius 2 is 1.74 bits per heavy atom. The molecule has 0 atom stereocenters. The molecule has 10 heteroatoms. The van der Waals surface area contributed by atoms with Crippen LogP contribution in [0, 0.1) is 0 Å². The molecule has 0 unspecified atom stereocenters. The summed E-state index contributed by atoms with van der Waals surface area (Å²) < 4.78 is 22.7. The van der Waals surface area contributed by atoms with E-state index >= 15 is 0 Å². The van der Waals surface area contributed by atoms with Crippen molar-refractivity contribution < 1.29 is 23.7 Å². The molecule has 10 nitrogen and oxygen atoms in total. The zero-order chi connectivity index (χ0) is 24.2. The highest BCUT2D eigenvalue weighted by molar-refractivity contribution is 6.05. The van der Waals surface area contributed by atoms with Crippen molar-refractivity contribution in [1.82, 2.24) is 19.9 Å². The van der Waals surface area contributed by atoms with E-state index in [1.54, 1.807) is 58.8 Å². The zero-order valence-electron chi connectivity index (χ0n) is 19.4. The van der Waals surface area contributed by atoms with Crippen LogP contribution in [0.1, 0.15) is 12.0 Å². The Bertz CT molecular complexity index is 1410. The molecule has 1 amide bonds. The molecular formula is C24H26N4O6. The molecule has 0 saturated carbocycles. The van der Waals surface area contributed by atoms with E-state index in [-0.39, 0.29) is 31.0 Å². The lowest BCUT2D eigenvalue weighted by molar-refractivity contribution is -0.121. The fourth-order valence-electron chi connectivity index (χ4n) is 3.80. The van der Waals surface area contributed by atoms with Gasteiger partial charge in [-0.15, -0.1) is 0 Å². The standard InChI is InChI=1S/C24H26N4O6/c1-31-15-5-6-18(32-2)14(9-15)12-25-21(29)7-8-28-13-26-22-16-10-19(33-3)20(34-4)11-17(16)27-23(22)24(28)30/h5-6,9-11,13,27H,7-8,12H2,1-4H3,(H,25,29). The molecule has 0 saturated heterocycles. The summed E-state index contributed by atoms with van der Waals surface area (Å²) in [4.78, 5) is 33.0. The number of rotatable bonds is 9. The summed E-state index contributed by atoms with van der Waals surface area (Å²) in [6.45, 7) is 0.460. The van der Waals surface area contributed by atoms with Crippen LogP contribution in [-0.2, 0) is 17.9 Å². The van der Waals surface area contributed by atoms with Crippen molar-refractivity contribution in [3.8, 4) is 23.0 Å². The molecule has 0 aliphatic heterocycles. The van der Waals surface area contributed by atoms with Gasteiger partial charge in [0, 0.05) is 36.5 Å². The normalized spacial score (nSPS) is 10.9. The van der Waals surface area contributed by atoms with Crippen LogP contribution in [0.5, 0.6) is 23.0 Å². The second-order valence-electron chi connectivity index (χ2n) is 7.55. The van der Waals surface area contributed by atoms with Gasteiger partial charge in [0.15, 0.2) is 11.5 Å². The van der Waals surface area contributed by atoms with E-state index in [2.05, 4.69) is 15.3 Å². The zero-order valence-corrected chi connectivity index (χ0v) is 19.4. The van der Waals surface area contributed by atoms with Gasteiger partial charge >= 0.3 is 0 Å². The Labute approximate surface area is 195 Å². The molecule has 4 rings (SSSR count). The summed E-state index contributed by atoms with van der Waals surface area (Å²) in [5.74, 6) is 2.21. The van der Waals surface area contributed by atoms with Gasteiger partial charge in [-0.05, 0) is 24.3 Å². The van der Waals surface area contributed by atoms with Gasteiger partial charge in [0.1, 0.15) is 22.5 Å². The monoisotopic (exact) mass is 466 g/mol. The first kappa shape index (κ1) is 23.0. The van der Waals surface area contributed by atoms with Crippen molar-refractivity contribution in [2.24, 2.45) is 0 Å². The second-order valence-corrected chi connectivity index (χ2v) is 7.55. The number of nitrogens with one attached hydrogen (secondary N) is 2. The summed E-state index contributed by atoms with van der Waals surface area (Å²) in [6, 6.07) is 8.92. The van der Waals surface area contributed by atoms with E-state index in [9.17, 15) is 9.59 Å². The molecule has 0 radical (unpaired) electrons. The highest BCUT2D eigenvalue weighted by Crippen LogP contribution is 2.34. The minimum Gasteiger partial charge on any atom is -0.497 e. The lowest BCUT2D eigenvalue weighted by Crippen LogP contribution is -2.27. The Morgan fingerprint density at radius 3 is 2.44 bits per heavy atom. The number of aromatic nitrogens is 3. The first-order valence-electron chi connectivity index (χ1n) is 10.6. The number of carbonyl (C=O) groups is 1. The van der Waals surface area contributed by atoms with Gasteiger partial charge in [0.2, 0.25) is 5.91 Å². The predicted octanol–water partition coefficient (Wildman–Crippen LogP) is 2.62. The number of aryl methyl sites for hydroxylation is 1. The SMILES string of the molecule is COc1ccc(OC)c(CNC(=O)CCn2cnc3c([nH]c4cc(OC)c(OC)cc43)c2=O)c1. The average molecular weight is 466 g/mol. The van der Waals surface area contributed by atoms with Crippen LogP contribution < -0.4 is 29.8 Å². The Hall–Kier alpha value is -4.21. The number of nitrogens with zero attached hydrogens (tertiary/aromatic N) is 2. The summed E-state index contributed by atoms with van der Waals surface area (Å²) in [5.41, 5.74) is 2.13. The third-order valence-electron chi connectivity index (χ3n) is 5.62. The molecular weight excluding hydrogens is 440 g/mol. The fraction of sp³-hybridized carbons (Fsp3) is 0.292. The molecule has 0 spiro atoms. The molecule has 0 bridgehead atoms. The van der Waals surface area contributed by atoms with Crippen molar-refractivity contribution >= 4 is 27.8 Å². The highest BCUT2D eigenvalue weighted by atomic mass is 16.5. The molecule has 0 aliphatic carbocycles. The van der Waals surface area contributed by atoms with Crippen LogP contribution in [0.25, 0.3) is 21.9 Å². The molecule has 2 heterocycles. The molecule has 0 aliphatic rings. The van der Waals surface area contributed by atoms with Crippen molar-refractivity contribution in [3.05, 3.63) is 52.6 Å². The van der Waals surface area contributed by atoms with Crippen LogP contribution in [0.2, 0.25) is 0 Å². The van der Waals surface area contributed by atoms with Gasteiger partial charge in [-0.1, -0.05) is 0 Å². The van der Waals surface area contributed by atoms with Gasteiger partial charge < -0.3 is 29.2 Å². The minimum absolute atomic E-state index is 0.112. The Balaban J connectivity index is 1.49. The summed E-state index contributed by atoms with van der Waals surface area (Å²) in [5, 5.41) is 3.60. The van der Waals surface area contributed by atoms with Gasteiger partial charge in [0.05, 0.1) is 40.3 Å². The third-order valence-corrected chi connectivity index (χ3v) is 5.62. The fourth-order valence-corrected chi connectivity index (χ4v) is 3.80. The van der Waals surface area contributed by atoms with Crippen LogP contribution in [0.15, 0.2) is 41.5 Å². The summed E-state index contributed by atoms with van der Waals surface area (Å²) >= 11 is 0. The lowest BCUT2D eigenvalue weighted by atomic mass is 10.2. The molecule has 4 aromatic rings. The van der Waals surface area contributed by atoms with Crippen LogP contribution in [0.3, 0.4) is 0 Å². The van der Waals surface area contributed by atoms with Gasteiger partial charge in [-0.2, -0.15) is 0 Å². The number of carbonyl (C=O) groups excluding carboxylic acids is 1. The number of benzene rings is 2. The van der Waals surface area contributed by atoms with E-state index in [1.165, 1.54) is 10.9 Å². The first-order valence-corrected chi connectivity index (χ1v) is 10.6. The van der Waals surface area contributed by atoms with E-state index in [4.69, 9.17) is 18.9 Å². The molecule has 34 heavy (non-hydrogen) atoms. The Morgan fingerprint density at radius 1 is 1.00 bits per heavy atom. The smallest absolute Gasteiger partial charge is 0.277 e. The lowest BCUT2D eigenvalue weighted by Gasteiger charge is -2.12. The largest absolute Gasteiger partial charge is 0.497 e. The van der Waals surface area contributed by atoms with Crippen molar-refractivity contribution in [2.45, 2.75) is 19.5 Å². The average Bonchev–Trinajstić information content (AvgIpc) is 3.24. The molecule has 0 fully saturated rings. The topological polar surface area (TPSA) is 117 Å². The number of ether oxygens (including phenoxy) is 4. The van der Waals surface area contributed by atoms with Gasteiger partial charge in [-0.25, -0.2) is 4.98 Å². The van der Waals surface area contributed by atoms with Crippen LogP contribution >= 0.6 is 0 Å². The molecule has 2 aromatic heterocycles. The van der Waals surface area contributed by atoms with Crippen molar-refractivity contribution in [2.75, 3.05) is 28.4 Å². The number of H-pyrrole nitrogens is 1. The van der Waals surface area contributed by atoms with Crippen LogP contribution in [0.4, 0.5) is 0 Å². The maximum atomic E-state index is 13.0. The number of fused-ring (bicyclic) bond motifs is 3. The summed E-state index contributed by atoms with van der Waals surface area (Å²) in [7, 11) is 6.24. The number of aromatic amines is 1. The third kappa shape index (κ3) is 4.34. The van der Waals surface area contributed by atoms with Gasteiger partial charge in [-0.3, -0.25) is 14.2 Å². The number of amides is 1. The number of methoxy groups -OCH3 is 4. The van der Waals surface area contributed by atoms with E-state index in [0.29, 0.717) is 39.5 Å². The maximum Gasteiger partial charge on any atom is 0.277 e.